The smallest absolute Gasteiger partial charge is 0.149 e. The van der Waals surface area contributed by atoms with Gasteiger partial charge < -0.3 is 11.1 Å². The van der Waals surface area contributed by atoms with Gasteiger partial charge in [-0.3, -0.25) is 0 Å². The van der Waals surface area contributed by atoms with Gasteiger partial charge in [0.25, 0.3) is 0 Å². The van der Waals surface area contributed by atoms with Crippen LogP contribution in [-0.2, 0) is 9.84 Å². The molecule has 0 aliphatic heterocycles. The lowest BCUT2D eigenvalue weighted by atomic mass is 10.2. The first-order valence-electron chi connectivity index (χ1n) is 4.35. The fraction of sp³-hybridized carbons (Fsp3) is 0.333. The minimum Gasteiger partial charge on any atom is -0.397 e. The zero-order valence-electron chi connectivity index (χ0n) is 8.33. The Labute approximate surface area is 88.2 Å². The number of halogens is 1. The molecule has 1 aromatic carbocycles. The van der Waals surface area contributed by atoms with Crippen LogP contribution in [0.3, 0.4) is 0 Å². The van der Waals surface area contributed by atoms with Gasteiger partial charge in [-0.2, -0.15) is 0 Å². The maximum absolute atomic E-state index is 12.7. The highest BCUT2D eigenvalue weighted by Gasteiger charge is 2.03. The van der Waals surface area contributed by atoms with E-state index in [-0.39, 0.29) is 18.0 Å². The lowest BCUT2D eigenvalue weighted by Crippen LogP contribution is -2.14. The van der Waals surface area contributed by atoms with Crippen molar-refractivity contribution in [3.8, 4) is 0 Å². The molecule has 15 heavy (non-hydrogen) atoms. The van der Waals surface area contributed by atoms with Gasteiger partial charge in [0.1, 0.15) is 15.7 Å². The highest BCUT2D eigenvalue weighted by Crippen LogP contribution is 2.18. The molecular formula is C9H13FN2O2S. The van der Waals surface area contributed by atoms with Crippen LogP contribution in [0.2, 0.25) is 0 Å². The van der Waals surface area contributed by atoms with Crippen LogP contribution in [0, 0.1) is 5.82 Å². The number of nitrogen functional groups attached to an aromatic ring is 1. The van der Waals surface area contributed by atoms with Crippen LogP contribution in [0.15, 0.2) is 18.2 Å². The maximum atomic E-state index is 12.7. The molecule has 0 spiro atoms. The van der Waals surface area contributed by atoms with Crippen LogP contribution in [0.4, 0.5) is 15.8 Å². The van der Waals surface area contributed by atoms with Crippen molar-refractivity contribution < 1.29 is 12.8 Å². The van der Waals surface area contributed by atoms with Gasteiger partial charge in [-0.15, -0.1) is 0 Å². The predicted molar refractivity (Wildman–Crippen MR) is 59.0 cm³/mol. The van der Waals surface area contributed by atoms with Crippen molar-refractivity contribution in [2.75, 3.05) is 29.6 Å². The van der Waals surface area contributed by atoms with Crippen LogP contribution >= 0.6 is 0 Å². The van der Waals surface area contributed by atoms with Crippen molar-refractivity contribution in [1.29, 1.82) is 0 Å². The lowest BCUT2D eigenvalue weighted by molar-refractivity contribution is 0.602. The molecule has 0 radical (unpaired) electrons. The van der Waals surface area contributed by atoms with Gasteiger partial charge >= 0.3 is 0 Å². The molecule has 1 aromatic rings. The van der Waals surface area contributed by atoms with E-state index >= 15 is 0 Å². The minimum atomic E-state index is -2.99. The highest BCUT2D eigenvalue weighted by molar-refractivity contribution is 7.90. The molecule has 0 heterocycles. The lowest BCUT2D eigenvalue weighted by Gasteiger charge is -2.08. The molecule has 4 nitrogen and oxygen atoms in total. The normalized spacial score (nSPS) is 11.3. The molecule has 0 atom stereocenters. The number of nitrogens with one attached hydrogen (secondary N) is 1. The molecule has 3 N–H and O–H groups in total. The van der Waals surface area contributed by atoms with Crippen molar-refractivity contribution in [3.05, 3.63) is 24.0 Å². The van der Waals surface area contributed by atoms with Crippen molar-refractivity contribution in [2.24, 2.45) is 0 Å². The summed E-state index contributed by atoms with van der Waals surface area (Å²) >= 11 is 0. The zero-order valence-corrected chi connectivity index (χ0v) is 9.14. The van der Waals surface area contributed by atoms with Gasteiger partial charge in [-0.1, -0.05) is 0 Å². The molecule has 84 valence electrons. The van der Waals surface area contributed by atoms with E-state index in [0.29, 0.717) is 5.69 Å². The molecule has 0 aliphatic carbocycles. The second kappa shape index (κ2) is 4.48. The maximum Gasteiger partial charge on any atom is 0.149 e. The Balaban J connectivity index is 2.59. The summed E-state index contributed by atoms with van der Waals surface area (Å²) in [5.74, 6) is -0.398. The zero-order chi connectivity index (χ0) is 11.5. The first kappa shape index (κ1) is 11.8. The van der Waals surface area contributed by atoms with Gasteiger partial charge in [-0.05, 0) is 18.2 Å². The number of hydrogen-bond donors (Lipinski definition) is 2. The molecule has 1 rings (SSSR count). The van der Waals surface area contributed by atoms with E-state index in [0.717, 1.165) is 6.26 Å². The molecule has 0 saturated heterocycles. The van der Waals surface area contributed by atoms with E-state index in [2.05, 4.69) is 5.32 Å². The first-order valence-corrected chi connectivity index (χ1v) is 6.41. The van der Waals surface area contributed by atoms with Crippen molar-refractivity contribution in [2.45, 2.75) is 0 Å². The molecule has 0 saturated carbocycles. The molecule has 0 unspecified atom stereocenters. The van der Waals surface area contributed by atoms with Gasteiger partial charge in [0.2, 0.25) is 0 Å². The van der Waals surface area contributed by atoms with E-state index in [1.807, 2.05) is 0 Å². The third-order valence-corrected chi connectivity index (χ3v) is 2.75. The predicted octanol–water partition coefficient (Wildman–Crippen LogP) is 0.864. The molecule has 0 aromatic heterocycles. The third-order valence-electron chi connectivity index (χ3n) is 1.80. The second-order valence-corrected chi connectivity index (χ2v) is 5.55. The molecule has 0 aliphatic rings. The van der Waals surface area contributed by atoms with Crippen LogP contribution in [0.25, 0.3) is 0 Å². The summed E-state index contributed by atoms with van der Waals surface area (Å²) in [5.41, 5.74) is 6.33. The Morgan fingerprint density at radius 1 is 1.47 bits per heavy atom. The summed E-state index contributed by atoms with van der Waals surface area (Å²) < 4.78 is 34.3. The number of rotatable bonds is 4. The van der Waals surface area contributed by atoms with E-state index in [1.165, 1.54) is 18.2 Å². The Bertz CT molecular complexity index is 445. The molecule has 0 amide bonds. The van der Waals surface area contributed by atoms with Crippen LogP contribution in [-0.4, -0.2) is 27.0 Å². The summed E-state index contributed by atoms with van der Waals surface area (Å²) in [5, 5.41) is 2.83. The Kier molecular flexibility index (Phi) is 3.52. The molecular weight excluding hydrogens is 219 g/mol. The Morgan fingerprint density at radius 2 is 2.13 bits per heavy atom. The summed E-state index contributed by atoms with van der Waals surface area (Å²) in [6, 6.07) is 3.93. The SMILES string of the molecule is CS(=O)(=O)CCNc1ccc(F)cc1N. The summed E-state index contributed by atoms with van der Waals surface area (Å²) in [6.45, 7) is 0.259. The Morgan fingerprint density at radius 3 is 2.67 bits per heavy atom. The first-order chi connectivity index (χ1) is 6.88. The fourth-order valence-corrected chi connectivity index (χ4v) is 1.54. The number of nitrogens with two attached hydrogens (primary N) is 1. The van der Waals surface area contributed by atoms with Crippen LogP contribution in [0.1, 0.15) is 0 Å². The van der Waals surface area contributed by atoms with Crippen LogP contribution in [0.5, 0.6) is 0 Å². The number of hydrogen-bond acceptors (Lipinski definition) is 4. The second-order valence-electron chi connectivity index (χ2n) is 3.29. The number of benzene rings is 1. The largest absolute Gasteiger partial charge is 0.397 e. The Hall–Kier alpha value is -1.30. The monoisotopic (exact) mass is 232 g/mol. The van der Waals surface area contributed by atoms with E-state index < -0.39 is 15.7 Å². The van der Waals surface area contributed by atoms with Gasteiger partial charge in [0.15, 0.2) is 0 Å². The average molecular weight is 232 g/mol. The van der Waals surface area contributed by atoms with Gasteiger partial charge in [-0.25, -0.2) is 12.8 Å². The third kappa shape index (κ3) is 4.16. The number of anilines is 2. The quantitative estimate of drug-likeness (QED) is 0.755. The molecule has 6 heteroatoms. The fourth-order valence-electron chi connectivity index (χ4n) is 1.07. The van der Waals surface area contributed by atoms with Crippen LogP contribution < -0.4 is 11.1 Å². The van der Waals surface area contributed by atoms with Crippen molar-refractivity contribution in [3.63, 3.8) is 0 Å². The average Bonchev–Trinajstić information content (AvgIpc) is 2.07. The van der Waals surface area contributed by atoms with E-state index in [1.54, 1.807) is 0 Å². The highest BCUT2D eigenvalue weighted by atomic mass is 32.2. The summed E-state index contributed by atoms with van der Waals surface area (Å²) in [6.07, 6.45) is 1.16. The standard InChI is InChI=1S/C9H13FN2O2S/c1-15(13,14)5-4-12-9-3-2-7(10)6-8(9)11/h2-3,6,12H,4-5,11H2,1H3. The van der Waals surface area contributed by atoms with Crippen molar-refractivity contribution in [1.82, 2.24) is 0 Å². The molecule has 0 bridgehead atoms. The topological polar surface area (TPSA) is 72.2 Å². The summed E-state index contributed by atoms with van der Waals surface area (Å²) in [7, 11) is -2.99. The van der Waals surface area contributed by atoms with Crippen molar-refractivity contribution >= 4 is 21.2 Å². The summed E-state index contributed by atoms with van der Waals surface area (Å²) in [4.78, 5) is 0. The number of sulfone groups is 1. The minimum absolute atomic E-state index is 0.0177. The van der Waals surface area contributed by atoms with E-state index in [9.17, 15) is 12.8 Å². The van der Waals surface area contributed by atoms with Gasteiger partial charge in [0.05, 0.1) is 17.1 Å². The van der Waals surface area contributed by atoms with Gasteiger partial charge in [0, 0.05) is 12.8 Å². The van der Waals surface area contributed by atoms with E-state index in [4.69, 9.17) is 5.73 Å². The molecule has 0 fully saturated rings.